The van der Waals surface area contributed by atoms with Crippen LogP contribution in [-0.2, 0) is 27.3 Å². The van der Waals surface area contributed by atoms with Crippen molar-refractivity contribution in [2.24, 2.45) is 0 Å². The van der Waals surface area contributed by atoms with E-state index < -0.39 is 5.97 Å². The Kier molecular flexibility index (Phi) is 7.95. The molecule has 0 fully saturated rings. The minimum absolute atomic E-state index is 0.0359. The van der Waals surface area contributed by atoms with Gasteiger partial charge in [0.1, 0.15) is 18.7 Å². The second-order valence-corrected chi connectivity index (χ2v) is 8.75. The number of hydrogen-bond acceptors (Lipinski definition) is 8. The van der Waals surface area contributed by atoms with Crippen molar-refractivity contribution in [2.45, 2.75) is 39.3 Å². The summed E-state index contributed by atoms with van der Waals surface area (Å²) >= 11 is 1.19. The number of para-hydroxylation sites is 1. The molecule has 1 N–H and O–H groups in total. The number of nitrogens with one attached hydrogen (secondary N) is 1. The van der Waals surface area contributed by atoms with Crippen LogP contribution in [0, 0.1) is 0 Å². The molecule has 7 nitrogen and oxygen atoms in total. The molecule has 0 aromatic heterocycles. The van der Waals surface area contributed by atoms with Crippen LogP contribution in [0.25, 0.3) is 0 Å². The first-order valence-electron chi connectivity index (χ1n) is 10.2. The quantitative estimate of drug-likeness (QED) is 0.339. The van der Waals surface area contributed by atoms with Crippen LogP contribution in [0.4, 0.5) is 0 Å². The van der Waals surface area contributed by atoms with Crippen molar-refractivity contribution in [1.29, 1.82) is 0 Å². The number of benzene rings is 2. The largest absolute Gasteiger partial charge is 0.483 e. The molecule has 0 spiro atoms. The lowest BCUT2D eigenvalue weighted by atomic mass is 10.0. The molecule has 0 saturated carbocycles. The molecule has 0 amide bonds. The van der Waals surface area contributed by atoms with Crippen molar-refractivity contribution in [2.75, 3.05) is 19.7 Å². The van der Waals surface area contributed by atoms with E-state index in [9.17, 15) is 9.59 Å². The van der Waals surface area contributed by atoms with Crippen LogP contribution in [0.5, 0.6) is 11.5 Å². The highest BCUT2D eigenvalue weighted by atomic mass is 32.2. The lowest BCUT2D eigenvalue weighted by Crippen LogP contribution is -2.31. The fourth-order valence-corrected chi connectivity index (χ4v) is 4.02. The molecular formula is C23H28N2O5S. The summed E-state index contributed by atoms with van der Waals surface area (Å²) in [6.45, 7) is 6.66. The predicted octanol–water partition coefficient (Wildman–Crippen LogP) is 3.52. The van der Waals surface area contributed by atoms with E-state index in [0.717, 1.165) is 17.5 Å². The van der Waals surface area contributed by atoms with Gasteiger partial charge in [-0.3, -0.25) is 9.59 Å². The zero-order valence-corrected chi connectivity index (χ0v) is 18.9. The summed E-state index contributed by atoms with van der Waals surface area (Å²) < 4.78 is 21.3. The van der Waals surface area contributed by atoms with E-state index in [-0.39, 0.29) is 24.7 Å². The average Bonchev–Trinajstić information content (AvgIpc) is 3.04. The van der Waals surface area contributed by atoms with Crippen molar-refractivity contribution in [3.8, 4) is 11.5 Å². The van der Waals surface area contributed by atoms with Crippen molar-refractivity contribution in [3.05, 3.63) is 59.7 Å². The maximum Gasteiger partial charge on any atom is 0.326 e. The molecule has 0 unspecified atom stereocenters. The third-order valence-corrected chi connectivity index (χ3v) is 5.29. The van der Waals surface area contributed by atoms with Crippen molar-refractivity contribution in [1.82, 2.24) is 9.03 Å². The van der Waals surface area contributed by atoms with E-state index in [0.29, 0.717) is 24.7 Å². The number of carbonyl (C=O) groups excluding carboxylic acids is 2. The molecule has 3 rings (SSSR count). The molecule has 0 bridgehead atoms. The van der Waals surface area contributed by atoms with E-state index in [1.807, 2.05) is 56.3 Å². The fourth-order valence-electron chi connectivity index (χ4n) is 3.27. The lowest BCUT2D eigenvalue weighted by Gasteiger charge is -2.20. The number of carbonyl (C=O) groups is 2. The molecule has 2 aromatic rings. The Morgan fingerprint density at radius 1 is 1.13 bits per heavy atom. The second kappa shape index (κ2) is 10.7. The van der Waals surface area contributed by atoms with Crippen LogP contribution in [-0.4, -0.2) is 41.5 Å². The van der Waals surface area contributed by atoms with Crippen molar-refractivity contribution < 1.29 is 23.8 Å². The predicted molar refractivity (Wildman–Crippen MR) is 120 cm³/mol. The Bertz CT molecular complexity index is 904. The average molecular weight is 445 g/mol. The molecule has 0 aliphatic carbocycles. The van der Waals surface area contributed by atoms with Gasteiger partial charge in [-0.25, -0.2) is 9.03 Å². The summed E-state index contributed by atoms with van der Waals surface area (Å²) in [5.41, 5.74) is 1.76. The number of ether oxygens (including phenoxy) is 3. The number of rotatable bonds is 10. The van der Waals surface area contributed by atoms with Crippen LogP contribution in [0.3, 0.4) is 0 Å². The van der Waals surface area contributed by atoms with Crippen LogP contribution >= 0.6 is 12.1 Å². The monoisotopic (exact) mass is 444 g/mol. The zero-order valence-electron chi connectivity index (χ0n) is 18.1. The van der Waals surface area contributed by atoms with Gasteiger partial charge in [0, 0.05) is 30.7 Å². The van der Waals surface area contributed by atoms with Crippen LogP contribution in [0.15, 0.2) is 48.5 Å². The first-order chi connectivity index (χ1) is 14.9. The molecule has 1 aliphatic heterocycles. The van der Waals surface area contributed by atoms with Crippen molar-refractivity contribution >= 4 is 24.1 Å². The molecule has 166 valence electrons. The summed E-state index contributed by atoms with van der Waals surface area (Å²) in [5.74, 6) is 0.286. The molecular weight excluding hydrogens is 416 g/mol. The number of nitrogens with zero attached hydrogens (tertiary/aromatic N) is 1. The molecule has 2 aromatic carbocycles. The van der Waals surface area contributed by atoms with E-state index >= 15 is 0 Å². The highest BCUT2D eigenvalue weighted by Gasteiger charge is 2.32. The van der Waals surface area contributed by atoms with Gasteiger partial charge in [0.25, 0.3) is 0 Å². The maximum absolute atomic E-state index is 12.4. The maximum atomic E-state index is 12.4. The van der Waals surface area contributed by atoms with Gasteiger partial charge in [-0.1, -0.05) is 42.5 Å². The van der Waals surface area contributed by atoms with Gasteiger partial charge >= 0.3 is 11.9 Å². The molecule has 0 saturated heterocycles. The van der Waals surface area contributed by atoms with Crippen LogP contribution < -0.4 is 14.2 Å². The first-order valence-corrected chi connectivity index (χ1v) is 11.0. The SMILES string of the molecule is CCOC(=O)CN(Cc1ccccc1)SNCC(=O)Oc1cccc2c1OC(C)(C)C2. The van der Waals surface area contributed by atoms with Gasteiger partial charge in [-0.05, 0) is 32.4 Å². The van der Waals surface area contributed by atoms with E-state index in [1.165, 1.54) is 12.1 Å². The Morgan fingerprint density at radius 2 is 1.90 bits per heavy atom. The van der Waals surface area contributed by atoms with Crippen molar-refractivity contribution in [3.63, 3.8) is 0 Å². The van der Waals surface area contributed by atoms with Gasteiger partial charge < -0.3 is 14.2 Å². The molecule has 1 aliphatic rings. The van der Waals surface area contributed by atoms with E-state index in [1.54, 1.807) is 17.3 Å². The highest BCUT2D eigenvalue weighted by molar-refractivity contribution is 7.95. The highest BCUT2D eigenvalue weighted by Crippen LogP contribution is 2.41. The number of esters is 2. The topological polar surface area (TPSA) is 77.1 Å². The number of hydrogen-bond donors (Lipinski definition) is 1. The molecule has 0 atom stereocenters. The summed E-state index contributed by atoms with van der Waals surface area (Å²) in [6.07, 6.45) is 0.768. The molecule has 1 heterocycles. The normalized spacial score (nSPS) is 14.1. The Hall–Kier alpha value is -2.55. The smallest absolute Gasteiger partial charge is 0.326 e. The molecule has 31 heavy (non-hydrogen) atoms. The standard InChI is InChI=1S/C23H28N2O5S/c1-4-28-21(27)16-25(15-17-9-6-5-7-10-17)31-24-14-20(26)29-19-12-8-11-18-13-23(2,3)30-22(18)19/h5-12,24H,4,13-16H2,1-3H3. The lowest BCUT2D eigenvalue weighted by molar-refractivity contribution is -0.143. The Labute approximate surface area is 187 Å². The van der Waals surface area contributed by atoms with E-state index in [4.69, 9.17) is 14.2 Å². The fraction of sp³-hybridized carbons (Fsp3) is 0.391. The molecule has 8 heteroatoms. The molecule has 0 radical (unpaired) electrons. The van der Waals surface area contributed by atoms with Crippen LogP contribution in [0.2, 0.25) is 0 Å². The van der Waals surface area contributed by atoms with Gasteiger partial charge in [-0.15, -0.1) is 0 Å². The summed E-state index contributed by atoms with van der Waals surface area (Å²) in [7, 11) is 0. The summed E-state index contributed by atoms with van der Waals surface area (Å²) in [4.78, 5) is 24.3. The first kappa shape index (κ1) is 23.1. The van der Waals surface area contributed by atoms with Gasteiger partial charge in [0.05, 0.1) is 6.61 Å². The third-order valence-electron chi connectivity index (χ3n) is 4.50. The Morgan fingerprint density at radius 3 is 2.65 bits per heavy atom. The second-order valence-electron chi connectivity index (χ2n) is 7.76. The summed E-state index contributed by atoms with van der Waals surface area (Å²) in [5, 5.41) is 0. The zero-order chi connectivity index (χ0) is 22.3. The Balaban J connectivity index is 1.53. The van der Waals surface area contributed by atoms with Gasteiger partial charge in [0.2, 0.25) is 0 Å². The minimum Gasteiger partial charge on any atom is -0.483 e. The van der Waals surface area contributed by atoms with E-state index in [2.05, 4.69) is 4.72 Å². The third kappa shape index (κ3) is 6.99. The minimum atomic E-state index is -0.440. The van der Waals surface area contributed by atoms with Crippen LogP contribution in [0.1, 0.15) is 31.9 Å². The summed E-state index contributed by atoms with van der Waals surface area (Å²) in [6, 6.07) is 15.3. The van der Waals surface area contributed by atoms with Gasteiger partial charge in [0.15, 0.2) is 11.5 Å². The number of fused-ring (bicyclic) bond motifs is 1. The van der Waals surface area contributed by atoms with Gasteiger partial charge in [-0.2, -0.15) is 0 Å².